The maximum absolute atomic E-state index is 13.4. The second-order valence-electron chi connectivity index (χ2n) is 5.51. The molecule has 3 aromatic rings. The van der Waals surface area contributed by atoms with E-state index in [0.717, 1.165) is 29.4 Å². The molecule has 1 aromatic heterocycles. The Balaban J connectivity index is 1.98. The van der Waals surface area contributed by atoms with Crippen molar-refractivity contribution in [2.24, 2.45) is 0 Å². The minimum absolute atomic E-state index is 0.506. The molecule has 3 heteroatoms. The van der Waals surface area contributed by atoms with Gasteiger partial charge in [0, 0.05) is 29.4 Å². The summed E-state index contributed by atoms with van der Waals surface area (Å²) < 4.78 is 13.4. The second-order valence-corrected chi connectivity index (χ2v) is 5.51. The number of hydrogen-bond donors (Lipinski definition) is 1. The van der Waals surface area contributed by atoms with Crippen LogP contribution in [-0.2, 0) is 19.5 Å². The Hall–Kier alpha value is -2.60. The van der Waals surface area contributed by atoms with Gasteiger partial charge in [0.2, 0.25) is 0 Å². The lowest BCUT2D eigenvalue weighted by molar-refractivity contribution is 0.487. The Bertz CT molecular complexity index is 899. The highest BCUT2D eigenvalue weighted by Gasteiger charge is 2.21. The van der Waals surface area contributed by atoms with Gasteiger partial charge in [0.25, 0.3) is 0 Å². The van der Waals surface area contributed by atoms with Crippen LogP contribution >= 0.6 is 0 Å². The molecule has 1 heterocycles. The topological polar surface area (TPSA) is 39.6 Å². The highest BCUT2D eigenvalue weighted by molar-refractivity contribution is 5.90. The molecule has 0 atom stereocenters. The van der Waals surface area contributed by atoms with E-state index in [4.69, 9.17) is 5.26 Å². The number of nitrogens with one attached hydrogen (secondary N) is 1. The van der Waals surface area contributed by atoms with E-state index in [1.54, 1.807) is 6.07 Å². The van der Waals surface area contributed by atoms with Gasteiger partial charge in [-0.25, -0.2) is 4.39 Å². The van der Waals surface area contributed by atoms with Crippen LogP contribution in [0.3, 0.4) is 0 Å². The number of rotatable bonds is 1. The molecule has 0 amide bonds. The molecule has 1 aliphatic rings. The minimum Gasteiger partial charge on any atom is -0.358 e. The van der Waals surface area contributed by atoms with Crippen molar-refractivity contribution < 1.29 is 4.39 Å². The second kappa shape index (κ2) is 4.46. The van der Waals surface area contributed by atoms with Gasteiger partial charge in [-0.15, -0.1) is 0 Å². The van der Waals surface area contributed by atoms with E-state index in [0.29, 0.717) is 11.1 Å². The first kappa shape index (κ1) is 12.2. The van der Waals surface area contributed by atoms with Crippen molar-refractivity contribution in [3.8, 4) is 6.07 Å². The van der Waals surface area contributed by atoms with Crippen LogP contribution in [0.25, 0.3) is 10.9 Å². The molecular weight excluding hydrogens is 263 g/mol. The molecule has 0 spiro atoms. The molecule has 0 bridgehead atoms. The number of H-pyrrole nitrogens is 1. The van der Waals surface area contributed by atoms with Gasteiger partial charge in [-0.2, -0.15) is 5.26 Å². The Labute approximate surface area is 121 Å². The SMILES string of the molecule is N#Cc1cc(CF)c2c3c([nH]c2c1)Cc1ccccc1C3. The van der Waals surface area contributed by atoms with Crippen molar-refractivity contribution in [2.45, 2.75) is 19.5 Å². The Kier molecular flexibility index (Phi) is 2.58. The van der Waals surface area contributed by atoms with Crippen molar-refractivity contribution >= 4 is 10.9 Å². The van der Waals surface area contributed by atoms with E-state index in [-0.39, 0.29) is 0 Å². The first-order valence-corrected chi connectivity index (χ1v) is 6.99. The molecule has 0 saturated heterocycles. The van der Waals surface area contributed by atoms with Crippen LogP contribution in [-0.4, -0.2) is 4.98 Å². The summed E-state index contributed by atoms with van der Waals surface area (Å²) in [5.74, 6) is 0. The van der Waals surface area contributed by atoms with Gasteiger partial charge in [0.05, 0.1) is 11.6 Å². The zero-order valence-electron chi connectivity index (χ0n) is 11.4. The number of nitrogens with zero attached hydrogens (tertiary/aromatic N) is 1. The third-order valence-electron chi connectivity index (χ3n) is 4.30. The summed E-state index contributed by atoms with van der Waals surface area (Å²) >= 11 is 0. The van der Waals surface area contributed by atoms with E-state index < -0.39 is 6.67 Å². The first-order chi connectivity index (χ1) is 10.3. The number of aromatic amines is 1. The zero-order chi connectivity index (χ0) is 14.4. The van der Waals surface area contributed by atoms with Gasteiger partial charge < -0.3 is 4.98 Å². The van der Waals surface area contributed by atoms with Crippen LogP contribution in [0.15, 0.2) is 36.4 Å². The van der Waals surface area contributed by atoms with Crippen molar-refractivity contribution in [3.05, 3.63) is 69.9 Å². The first-order valence-electron chi connectivity index (χ1n) is 6.99. The fourth-order valence-electron chi connectivity index (χ4n) is 3.35. The lowest BCUT2D eigenvalue weighted by Gasteiger charge is -2.16. The van der Waals surface area contributed by atoms with Crippen molar-refractivity contribution in [1.29, 1.82) is 5.26 Å². The highest BCUT2D eigenvalue weighted by Crippen LogP contribution is 2.35. The number of fused-ring (bicyclic) bond motifs is 4. The molecule has 1 N–H and O–H groups in total. The normalized spacial score (nSPS) is 12.8. The fraction of sp³-hybridized carbons (Fsp3) is 0.167. The van der Waals surface area contributed by atoms with Gasteiger partial charge in [-0.3, -0.25) is 0 Å². The van der Waals surface area contributed by atoms with E-state index in [1.165, 1.54) is 16.7 Å². The Morgan fingerprint density at radius 3 is 2.62 bits per heavy atom. The highest BCUT2D eigenvalue weighted by atomic mass is 19.1. The molecule has 2 nitrogen and oxygen atoms in total. The largest absolute Gasteiger partial charge is 0.358 e. The molecule has 21 heavy (non-hydrogen) atoms. The van der Waals surface area contributed by atoms with Crippen LogP contribution in [0.2, 0.25) is 0 Å². The fourth-order valence-corrected chi connectivity index (χ4v) is 3.35. The molecule has 0 radical (unpaired) electrons. The van der Waals surface area contributed by atoms with E-state index >= 15 is 0 Å². The number of hydrogen-bond acceptors (Lipinski definition) is 1. The van der Waals surface area contributed by atoms with Gasteiger partial charge >= 0.3 is 0 Å². The molecule has 4 rings (SSSR count). The molecule has 1 aliphatic carbocycles. The average Bonchev–Trinajstić information content (AvgIpc) is 2.88. The van der Waals surface area contributed by atoms with Crippen LogP contribution in [0.1, 0.15) is 33.5 Å². The van der Waals surface area contributed by atoms with Crippen molar-refractivity contribution in [2.75, 3.05) is 0 Å². The third kappa shape index (κ3) is 1.76. The standard InChI is InChI=1S/C18H13FN2/c19-9-14-5-11(10-20)6-17-18(14)15-7-12-3-1-2-4-13(12)8-16(15)21-17/h1-6,21H,7-9H2. The summed E-state index contributed by atoms with van der Waals surface area (Å²) in [6.07, 6.45) is 1.66. The van der Waals surface area contributed by atoms with E-state index in [1.807, 2.05) is 18.2 Å². The van der Waals surface area contributed by atoms with Gasteiger partial charge in [-0.05, 0) is 34.4 Å². The Morgan fingerprint density at radius 1 is 1.14 bits per heavy atom. The van der Waals surface area contributed by atoms with Gasteiger partial charge in [0.15, 0.2) is 0 Å². The van der Waals surface area contributed by atoms with Crippen molar-refractivity contribution in [3.63, 3.8) is 0 Å². The van der Waals surface area contributed by atoms with Crippen LogP contribution < -0.4 is 0 Å². The third-order valence-corrected chi connectivity index (χ3v) is 4.30. The molecule has 0 fully saturated rings. The lowest BCUT2D eigenvalue weighted by Crippen LogP contribution is -2.06. The predicted octanol–water partition coefficient (Wildman–Crippen LogP) is 4.00. The summed E-state index contributed by atoms with van der Waals surface area (Å²) in [6, 6.07) is 14.0. The summed E-state index contributed by atoms with van der Waals surface area (Å²) in [5.41, 5.74) is 6.94. The van der Waals surface area contributed by atoms with Crippen LogP contribution in [0.4, 0.5) is 4.39 Å². The van der Waals surface area contributed by atoms with E-state index in [9.17, 15) is 4.39 Å². The zero-order valence-corrected chi connectivity index (χ0v) is 11.4. The summed E-state index contributed by atoms with van der Waals surface area (Å²) in [5, 5.41) is 10.0. The average molecular weight is 276 g/mol. The smallest absolute Gasteiger partial charge is 0.115 e. The molecule has 2 aromatic carbocycles. The quantitative estimate of drug-likeness (QED) is 0.560. The summed E-state index contributed by atoms with van der Waals surface area (Å²) in [6.45, 7) is -0.544. The molecule has 102 valence electrons. The molecule has 0 aliphatic heterocycles. The summed E-state index contributed by atoms with van der Waals surface area (Å²) in [7, 11) is 0. The maximum Gasteiger partial charge on any atom is 0.115 e. The number of benzene rings is 2. The molecule has 0 saturated carbocycles. The van der Waals surface area contributed by atoms with E-state index in [2.05, 4.69) is 23.2 Å². The van der Waals surface area contributed by atoms with Gasteiger partial charge in [0.1, 0.15) is 6.67 Å². The van der Waals surface area contributed by atoms with Crippen LogP contribution in [0.5, 0.6) is 0 Å². The molecular formula is C18H13FN2. The molecule has 0 unspecified atom stereocenters. The maximum atomic E-state index is 13.4. The number of alkyl halides is 1. The monoisotopic (exact) mass is 276 g/mol. The van der Waals surface area contributed by atoms with Gasteiger partial charge in [-0.1, -0.05) is 24.3 Å². The van der Waals surface area contributed by atoms with Crippen molar-refractivity contribution in [1.82, 2.24) is 4.98 Å². The number of halogens is 1. The predicted molar refractivity (Wildman–Crippen MR) is 79.9 cm³/mol. The number of nitriles is 1. The minimum atomic E-state index is -0.544. The lowest BCUT2D eigenvalue weighted by atomic mass is 9.88. The number of aromatic nitrogens is 1. The summed E-state index contributed by atoms with van der Waals surface area (Å²) in [4.78, 5) is 3.39. The Morgan fingerprint density at radius 2 is 1.90 bits per heavy atom. The van der Waals surface area contributed by atoms with Crippen LogP contribution in [0, 0.1) is 11.3 Å².